The van der Waals surface area contributed by atoms with Crippen LogP contribution in [0.15, 0.2) is 0 Å². The molecule has 2 N–H and O–H groups in total. The zero-order chi connectivity index (χ0) is 15.8. The predicted molar refractivity (Wildman–Crippen MR) is 93.3 cm³/mol. The number of amides is 1. The topological polar surface area (TPSA) is 43.1 Å². The van der Waals surface area contributed by atoms with Crippen molar-refractivity contribution in [3.8, 4) is 0 Å². The Morgan fingerprint density at radius 2 is 1.19 bits per heavy atom. The maximum atomic E-state index is 10.6. The standard InChI is InChI=1S/C19H39NO/c1-3-4-5-6-9-12-15-18(2)16-13-10-7-8-11-14-17-19(20)21/h18H,3-17H2,1-2H3,(H2,20,21). The number of rotatable bonds is 16. The number of primary amides is 1. The molecule has 0 aliphatic carbocycles. The van der Waals surface area contributed by atoms with Crippen LogP contribution in [0.4, 0.5) is 0 Å². The molecule has 0 aromatic rings. The molecule has 0 fully saturated rings. The highest BCUT2D eigenvalue weighted by atomic mass is 16.1. The summed E-state index contributed by atoms with van der Waals surface area (Å²) < 4.78 is 0. The van der Waals surface area contributed by atoms with Gasteiger partial charge < -0.3 is 5.73 Å². The number of carbonyl (C=O) groups is 1. The number of unbranched alkanes of at least 4 members (excludes halogenated alkanes) is 10. The summed E-state index contributed by atoms with van der Waals surface area (Å²) in [4.78, 5) is 10.6. The van der Waals surface area contributed by atoms with Gasteiger partial charge in [0.2, 0.25) is 5.91 Å². The van der Waals surface area contributed by atoms with E-state index in [-0.39, 0.29) is 5.91 Å². The molecule has 0 spiro atoms. The Bertz CT molecular complexity index is 228. The molecule has 126 valence electrons. The molecular weight excluding hydrogens is 258 g/mol. The molecule has 1 unspecified atom stereocenters. The summed E-state index contributed by atoms with van der Waals surface area (Å²) in [6.45, 7) is 4.69. The second-order valence-electron chi connectivity index (χ2n) is 6.79. The van der Waals surface area contributed by atoms with Crippen LogP contribution in [0.3, 0.4) is 0 Å². The number of hydrogen-bond donors (Lipinski definition) is 1. The van der Waals surface area contributed by atoms with Crippen molar-refractivity contribution in [1.29, 1.82) is 0 Å². The van der Waals surface area contributed by atoms with E-state index in [2.05, 4.69) is 13.8 Å². The molecule has 1 atom stereocenters. The lowest BCUT2D eigenvalue weighted by Crippen LogP contribution is -2.09. The highest BCUT2D eigenvalue weighted by Crippen LogP contribution is 2.18. The minimum absolute atomic E-state index is 0.154. The molecule has 2 heteroatoms. The van der Waals surface area contributed by atoms with E-state index >= 15 is 0 Å². The van der Waals surface area contributed by atoms with Crippen LogP contribution in [0.5, 0.6) is 0 Å². The third-order valence-corrected chi connectivity index (χ3v) is 4.42. The lowest BCUT2D eigenvalue weighted by atomic mass is 9.96. The molecule has 0 heterocycles. The zero-order valence-corrected chi connectivity index (χ0v) is 14.7. The van der Waals surface area contributed by atoms with Crippen LogP contribution in [0, 0.1) is 5.92 Å². The van der Waals surface area contributed by atoms with Gasteiger partial charge in [-0.3, -0.25) is 4.79 Å². The van der Waals surface area contributed by atoms with E-state index in [1.807, 2.05) is 0 Å². The molecule has 0 saturated carbocycles. The van der Waals surface area contributed by atoms with E-state index in [9.17, 15) is 4.79 Å². The van der Waals surface area contributed by atoms with E-state index in [1.165, 1.54) is 77.0 Å². The highest BCUT2D eigenvalue weighted by Gasteiger charge is 2.02. The van der Waals surface area contributed by atoms with Crippen molar-refractivity contribution in [2.75, 3.05) is 0 Å². The molecule has 21 heavy (non-hydrogen) atoms. The Labute approximate surface area is 133 Å². The summed E-state index contributed by atoms with van der Waals surface area (Å²) in [6, 6.07) is 0. The predicted octanol–water partition coefficient (Wildman–Crippen LogP) is 5.98. The van der Waals surface area contributed by atoms with Crippen LogP contribution in [-0.4, -0.2) is 5.91 Å². The third-order valence-electron chi connectivity index (χ3n) is 4.42. The Balaban J connectivity index is 3.15. The first-order valence-electron chi connectivity index (χ1n) is 9.45. The number of carbonyl (C=O) groups excluding carboxylic acids is 1. The van der Waals surface area contributed by atoms with E-state index in [1.54, 1.807) is 0 Å². The molecule has 0 aromatic heterocycles. The van der Waals surface area contributed by atoms with Gasteiger partial charge in [0.25, 0.3) is 0 Å². The first-order valence-corrected chi connectivity index (χ1v) is 9.45. The SMILES string of the molecule is CCCCCCCCC(C)CCCCCCCCC(N)=O. The summed E-state index contributed by atoms with van der Waals surface area (Å²) in [5.74, 6) is 0.754. The quantitative estimate of drug-likeness (QED) is 0.350. The van der Waals surface area contributed by atoms with Gasteiger partial charge in [-0.15, -0.1) is 0 Å². The molecule has 0 saturated heterocycles. The summed E-state index contributed by atoms with van der Waals surface area (Å²) in [5.41, 5.74) is 5.12. The zero-order valence-electron chi connectivity index (χ0n) is 14.7. The lowest BCUT2D eigenvalue weighted by molar-refractivity contribution is -0.118. The summed E-state index contributed by atoms with van der Waals surface area (Å²) in [7, 11) is 0. The van der Waals surface area contributed by atoms with Gasteiger partial charge in [-0.2, -0.15) is 0 Å². The largest absolute Gasteiger partial charge is 0.370 e. The lowest BCUT2D eigenvalue weighted by Gasteiger charge is -2.11. The van der Waals surface area contributed by atoms with Crippen molar-refractivity contribution < 1.29 is 4.79 Å². The van der Waals surface area contributed by atoms with Gasteiger partial charge in [0.05, 0.1) is 0 Å². The molecule has 0 radical (unpaired) electrons. The van der Waals surface area contributed by atoms with Crippen LogP contribution in [0.1, 0.15) is 110 Å². The fourth-order valence-electron chi connectivity index (χ4n) is 2.92. The van der Waals surface area contributed by atoms with Crippen LogP contribution < -0.4 is 5.73 Å². The first kappa shape index (κ1) is 20.5. The molecule has 0 aliphatic rings. The van der Waals surface area contributed by atoms with Crippen LogP contribution in [0.2, 0.25) is 0 Å². The Kier molecular flexibility index (Phi) is 15.5. The fourth-order valence-corrected chi connectivity index (χ4v) is 2.92. The Morgan fingerprint density at radius 3 is 1.67 bits per heavy atom. The summed E-state index contributed by atoms with van der Waals surface area (Å²) in [5, 5.41) is 0. The molecule has 0 aromatic carbocycles. The van der Waals surface area contributed by atoms with Crippen molar-refractivity contribution in [2.45, 2.75) is 110 Å². The Hall–Kier alpha value is -0.530. The van der Waals surface area contributed by atoms with Crippen molar-refractivity contribution in [3.05, 3.63) is 0 Å². The first-order chi connectivity index (χ1) is 10.2. The van der Waals surface area contributed by atoms with E-state index in [0.29, 0.717) is 6.42 Å². The van der Waals surface area contributed by atoms with Crippen molar-refractivity contribution in [2.24, 2.45) is 11.7 Å². The van der Waals surface area contributed by atoms with Crippen molar-refractivity contribution >= 4 is 5.91 Å². The summed E-state index contributed by atoms with van der Waals surface area (Å²) in [6.07, 6.45) is 19.3. The Morgan fingerprint density at radius 1 is 0.762 bits per heavy atom. The smallest absolute Gasteiger partial charge is 0.217 e. The maximum Gasteiger partial charge on any atom is 0.217 e. The molecule has 1 amide bonds. The van der Waals surface area contributed by atoms with Crippen molar-refractivity contribution in [1.82, 2.24) is 0 Å². The summed E-state index contributed by atoms with van der Waals surface area (Å²) >= 11 is 0. The van der Waals surface area contributed by atoms with Gasteiger partial charge in [0, 0.05) is 6.42 Å². The maximum absolute atomic E-state index is 10.6. The van der Waals surface area contributed by atoms with Gasteiger partial charge in [-0.25, -0.2) is 0 Å². The van der Waals surface area contributed by atoms with Gasteiger partial charge in [0.15, 0.2) is 0 Å². The highest BCUT2D eigenvalue weighted by molar-refractivity contribution is 5.73. The minimum Gasteiger partial charge on any atom is -0.370 e. The van der Waals surface area contributed by atoms with E-state index < -0.39 is 0 Å². The van der Waals surface area contributed by atoms with Crippen LogP contribution >= 0.6 is 0 Å². The normalized spacial score (nSPS) is 12.5. The van der Waals surface area contributed by atoms with Gasteiger partial charge in [-0.1, -0.05) is 97.3 Å². The second-order valence-corrected chi connectivity index (χ2v) is 6.79. The van der Waals surface area contributed by atoms with Crippen LogP contribution in [0.25, 0.3) is 0 Å². The fraction of sp³-hybridized carbons (Fsp3) is 0.947. The molecular formula is C19H39NO. The molecule has 0 aliphatic heterocycles. The average molecular weight is 298 g/mol. The number of hydrogen-bond acceptors (Lipinski definition) is 1. The molecule has 0 rings (SSSR count). The van der Waals surface area contributed by atoms with Gasteiger partial charge in [0.1, 0.15) is 0 Å². The van der Waals surface area contributed by atoms with E-state index in [0.717, 1.165) is 18.8 Å². The molecule has 2 nitrogen and oxygen atoms in total. The third kappa shape index (κ3) is 17.4. The van der Waals surface area contributed by atoms with Crippen LogP contribution in [-0.2, 0) is 4.79 Å². The second kappa shape index (κ2) is 15.9. The molecule has 0 bridgehead atoms. The minimum atomic E-state index is -0.154. The van der Waals surface area contributed by atoms with E-state index in [4.69, 9.17) is 5.73 Å². The average Bonchev–Trinajstić information content (AvgIpc) is 2.45. The van der Waals surface area contributed by atoms with Gasteiger partial charge in [-0.05, 0) is 12.3 Å². The van der Waals surface area contributed by atoms with Crippen molar-refractivity contribution in [3.63, 3.8) is 0 Å². The van der Waals surface area contributed by atoms with Gasteiger partial charge >= 0.3 is 0 Å². The monoisotopic (exact) mass is 297 g/mol. The number of nitrogens with two attached hydrogens (primary N) is 1.